The minimum atomic E-state index is -0.204. The summed E-state index contributed by atoms with van der Waals surface area (Å²) >= 11 is 0. The molecule has 0 aliphatic rings. The number of hydrogen-bond donors (Lipinski definition) is 1. The maximum absolute atomic E-state index is 10.4. The molecular formula is C8H17NO2. The van der Waals surface area contributed by atoms with Crippen molar-refractivity contribution in [3.05, 3.63) is 0 Å². The predicted octanol–water partition coefficient (Wildman–Crippen LogP) is 0.924. The van der Waals surface area contributed by atoms with Gasteiger partial charge in [0.05, 0.1) is 6.61 Å². The minimum Gasteiger partial charge on any atom is -0.466 e. The second kappa shape index (κ2) is 6.16. The Labute approximate surface area is 67.9 Å². The monoisotopic (exact) mass is 159 g/mol. The molecule has 0 aliphatic carbocycles. The zero-order valence-corrected chi connectivity index (χ0v) is 7.30. The van der Waals surface area contributed by atoms with E-state index < -0.39 is 0 Å². The van der Waals surface area contributed by atoms with Crippen molar-refractivity contribution in [1.82, 2.24) is 0 Å². The van der Waals surface area contributed by atoms with E-state index in [-0.39, 0.29) is 5.97 Å². The number of esters is 1. The molecule has 0 spiro atoms. The lowest BCUT2D eigenvalue weighted by Gasteiger charge is -2.09. The molecule has 0 bridgehead atoms. The fourth-order valence-corrected chi connectivity index (χ4v) is 0.809. The van der Waals surface area contributed by atoms with Gasteiger partial charge < -0.3 is 10.5 Å². The van der Waals surface area contributed by atoms with Gasteiger partial charge in [-0.15, -0.1) is 0 Å². The van der Waals surface area contributed by atoms with Crippen LogP contribution in [0, 0.1) is 5.92 Å². The molecule has 0 saturated heterocycles. The fraction of sp³-hybridized carbons (Fsp3) is 0.875. The lowest BCUT2D eigenvalue weighted by atomic mass is 10.1. The van der Waals surface area contributed by atoms with Crippen LogP contribution in [0.2, 0.25) is 0 Å². The zero-order valence-electron chi connectivity index (χ0n) is 7.30. The minimum absolute atomic E-state index is 0.204. The first kappa shape index (κ1) is 10.4. The first-order chi connectivity index (χ1) is 5.16. The molecule has 0 aromatic heterocycles. The molecule has 0 aliphatic heterocycles. The van der Waals surface area contributed by atoms with Gasteiger partial charge in [0, 0.05) is 6.92 Å². The van der Waals surface area contributed by atoms with E-state index in [4.69, 9.17) is 10.5 Å². The van der Waals surface area contributed by atoms with Crippen LogP contribution in [0.4, 0.5) is 0 Å². The number of ether oxygens (including phenoxy) is 1. The molecule has 2 N–H and O–H groups in total. The third kappa shape index (κ3) is 7.33. The van der Waals surface area contributed by atoms with Gasteiger partial charge in [0.2, 0.25) is 0 Å². The molecule has 66 valence electrons. The van der Waals surface area contributed by atoms with Crippen LogP contribution in [0.25, 0.3) is 0 Å². The Morgan fingerprint density at radius 1 is 1.64 bits per heavy atom. The fourth-order valence-electron chi connectivity index (χ4n) is 0.809. The second-order valence-electron chi connectivity index (χ2n) is 2.84. The largest absolute Gasteiger partial charge is 0.466 e. The predicted molar refractivity (Wildman–Crippen MR) is 44.1 cm³/mol. The van der Waals surface area contributed by atoms with Crippen molar-refractivity contribution in [3.8, 4) is 0 Å². The highest BCUT2D eigenvalue weighted by Crippen LogP contribution is 2.04. The lowest BCUT2D eigenvalue weighted by molar-refractivity contribution is -0.142. The first-order valence-electron chi connectivity index (χ1n) is 4.00. The number of rotatable bonds is 5. The highest BCUT2D eigenvalue weighted by Gasteiger charge is 2.02. The number of nitrogens with two attached hydrogens (primary N) is 1. The Morgan fingerprint density at radius 3 is 2.73 bits per heavy atom. The normalized spacial score (nSPS) is 12.6. The number of carbonyl (C=O) groups is 1. The van der Waals surface area contributed by atoms with Gasteiger partial charge >= 0.3 is 5.97 Å². The van der Waals surface area contributed by atoms with Gasteiger partial charge in [-0.2, -0.15) is 0 Å². The number of hydrogen-bond acceptors (Lipinski definition) is 3. The summed E-state index contributed by atoms with van der Waals surface area (Å²) in [5.41, 5.74) is 5.33. The first-order valence-corrected chi connectivity index (χ1v) is 4.00. The number of carbonyl (C=O) groups excluding carboxylic acids is 1. The SMILES string of the molecule is CC(=O)OCC(C)CCCN. The van der Waals surface area contributed by atoms with Gasteiger partial charge in [-0.05, 0) is 25.3 Å². The summed E-state index contributed by atoms with van der Waals surface area (Å²) in [6, 6.07) is 0. The molecule has 3 heteroatoms. The Hall–Kier alpha value is -0.570. The summed E-state index contributed by atoms with van der Waals surface area (Å²) < 4.78 is 4.82. The van der Waals surface area contributed by atoms with Crippen LogP contribution in [-0.2, 0) is 9.53 Å². The Bertz CT molecular complexity index is 115. The molecule has 1 atom stereocenters. The van der Waals surface area contributed by atoms with Crippen LogP contribution in [0.5, 0.6) is 0 Å². The summed E-state index contributed by atoms with van der Waals surface area (Å²) in [7, 11) is 0. The van der Waals surface area contributed by atoms with Crippen LogP contribution in [0.3, 0.4) is 0 Å². The Balaban J connectivity index is 3.22. The van der Waals surface area contributed by atoms with Gasteiger partial charge in [-0.1, -0.05) is 6.92 Å². The quantitative estimate of drug-likeness (QED) is 0.607. The van der Waals surface area contributed by atoms with Gasteiger partial charge in [0.15, 0.2) is 0 Å². The van der Waals surface area contributed by atoms with E-state index in [1.165, 1.54) is 6.92 Å². The summed E-state index contributed by atoms with van der Waals surface area (Å²) in [6.45, 7) is 4.72. The van der Waals surface area contributed by atoms with Crippen molar-refractivity contribution in [2.45, 2.75) is 26.7 Å². The highest BCUT2D eigenvalue weighted by molar-refractivity contribution is 5.65. The molecule has 0 amide bonds. The average molecular weight is 159 g/mol. The molecule has 0 saturated carbocycles. The van der Waals surface area contributed by atoms with E-state index in [0.29, 0.717) is 19.1 Å². The maximum Gasteiger partial charge on any atom is 0.302 e. The smallest absolute Gasteiger partial charge is 0.302 e. The van der Waals surface area contributed by atoms with Gasteiger partial charge in [0.25, 0.3) is 0 Å². The molecule has 3 nitrogen and oxygen atoms in total. The molecule has 0 aromatic rings. The van der Waals surface area contributed by atoms with E-state index in [9.17, 15) is 4.79 Å². The van der Waals surface area contributed by atoms with Gasteiger partial charge in [-0.3, -0.25) is 4.79 Å². The van der Waals surface area contributed by atoms with Crippen molar-refractivity contribution in [2.24, 2.45) is 11.7 Å². The van der Waals surface area contributed by atoms with Crippen molar-refractivity contribution < 1.29 is 9.53 Å². The highest BCUT2D eigenvalue weighted by atomic mass is 16.5. The van der Waals surface area contributed by atoms with Crippen LogP contribution in [-0.4, -0.2) is 19.1 Å². The Morgan fingerprint density at radius 2 is 2.27 bits per heavy atom. The molecule has 1 unspecified atom stereocenters. The van der Waals surface area contributed by atoms with Crippen LogP contribution in [0.1, 0.15) is 26.7 Å². The summed E-state index contributed by atoms with van der Waals surface area (Å²) in [5, 5.41) is 0. The van der Waals surface area contributed by atoms with Crippen LogP contribution in [0.15, 0.2) is 0 Å². The molecular weight excluding hydrogens is 142 g/mol. The standard InChI is InChI=1S/C8H17NO2/c1-7(4-3-5-9)6-11-8(2)10/h7H,3-6,9H2,1-2H3. The van der Waals surface area contributed by atoms with Crippen molar-refractivity contribution in [3.63, 3.8) is 0 Å². The van der Waals surface area contributed by atoms with E-state index in [0.717, 1.165) is 12.8 Å². The Kier molecular flexibility index (Phi) is 5.84. The average Bonchev–Trinajstić information content (AvgIpc) is 1.97. The van der Waals surface area contributed by atoms with E-state index in [2.05, 4.69) is 6.92 Å². The lowest BCUT2D eigenvalue weighted by Crippen LogP contribution is -2.11. The van der Waals surface area contributed by atoms with Crippen molar-refractivity contribution in [2.75, 3.05) is 13.2 Å². The molecule has 0 aromatic carbocycles. The van der Waals surface area contributed by atoms with Crippen LogP contribution >= 0.6 is 0 Å². The van der Waals surface area contributed by atoms with Gasteiger partial charge in [-0.25, -0.2) is 0 Å². The second-order valence-corrected chi connectivity index (χ2v) is 2.84. The van der Waals surface area contributed by atoms with Crippen molar-refractivity contribution in [1.29, 1.82) is 0 Å². The van der Waals surface area contributed by atoms with E-state index >= 15 is 0 Å². The van der Waals surface area contributed by atoms with Gasteiger partial charge in [0.1, 0.15) is 0 Å². The summed E-state index contributed by atoms with van der Waals surface area (Å²) in [6.07, 6.45) is 2.03. The molecule has 0 radical (unpaired) electrons. The van der Waals surface area contributed by atoms with E-state index in [1.807, 2.05) is 0 Å². The third-order valence-electron chi connectivity index (χ3n) is 1.47. The maximum atomic E-state index is 10.4. The topological polar surface area (TPSA) is 52.3 Å². The molecule has 0 heterocycles. The van der Waals surface area contributed by atoms with E-state index in [1.54, 1.807) is 0 Å². The summed E-state index contributed by atoms with van der Waals surface area (Å²) in [4.78, 5) is 10.4. The molecule has 0 fully saturated rings. The molecule has 0 rings (SSSR count). The van der Waals surface area contributed by atoms with Crippen molar-refractivity contribution >= 4 is 5.97 Å². The molecule has 11 heavy (non-hydrogen) atoms. The summed E-state index contributed by atoms with van der Waals surface area (Å²) in [5.74, 6) is 0.229. The zero-order chi connectivity index (χ0) is 8.69. The van der Waals surface area contributed by atoms with Crippen LogP contribution < -0.4 is 5.73 Å². The third-order valence-corrected chi connectivity index (χ3v) is 1.47.